The van der Waals surface area contributed by atoms with Crippen LogP contribution in [-0.2, 0) is 14.3 Å². The Hall–Kier alpha value is -1.03. The minimum absolute atomic E-state index is 0.163. The second-order valence-electron chi connectivity index (χ2n) is 2.34. The quantitative estimate of drug-likeness (QED) is 0.318. The highest BCUT2D eigenvalue weighted by atomic mass is 35.5. The van der Waals surface area contributed by atoms with Crippen LogP contribution in [0.1, 0.15) is 13.3 Å². The summed E-state index contributed by atoms with van der Waals surface area (Å²) < 4.78 is 4.61. The smallest absolute Gasteiger partial charge is 0.330 e. The van der Waals surface area contributed by atoms with Crippen molar-refractivity contribution in [3.05, 3.63) is 11.6 Å². The largest absolute Gasteiger partial charge is 0.478 e. The van der Waals surface area contributed by atoms with Crippen molar-refractivity contribution in [1.29, 1.82) is 0 Å². The predicted octanol–water partition coefficient (Wildman–Crippen LogP) is 1.19. The Morgan fingerprint density at radius 3 is 2.62 bits per heavy atom. The Balaban J connectivity index is 3.61. The van der Waals surface area contributed by atoms with Crippen LogP contribution in [0.15, 0.2) is 11.6 Å². The Kier molecular flexibility index (Phi) is 5.97. The standard InChI is InChI=1S/C8H11ClO4/c1-6(8(11)12)3-2-4-13-7(10)5-9/h3H,2,4-5H2,1H3,(H,11,12)/b6-3+. The molecule has 0 saturated heterocycles. The molecule has 0 atom stereocenters. The lowest BCUT2D eigenvalue weighted by Crippen LogP contribution is -2.06. The minimum atomic E-state index is -0.969. The van der Waals surface area contributed by atoms with E-state index in [9.17, 15) is 9.59 Å². The fourth-order valence-electron chi connectivity index (χ4n) is 0.574. The van der Waals surface area contributed by atoms with E-state index in [2.05, 4.69) is 4.74 Å². The van der Waals surface area contributed by atoms with Gasteiger partial charge in [-0.2, -0.15) is 0 Å². The van der Waals surface area contributed by atoms with Gasteiger partial charge in [-0.25, -0.2) is 4.79 Å². The van der Waals surface area contributed by atoms with Crippen molar-refractivity contribution in [2.75, 3.05) is 12.5 Å². The highest BCUT2D eigenvalue weighted by Gasteiger charge is 2.00. The third kappa shape index (κ3) is 6.16. The molecule has 4 nitrogen and oxygen atoms in total. The van der Waals surface area contributed by atoms with Crippen molar-refractivity contribution < 1.29 is 19.4 Å². The first-order valence-corrected chi connectivity index (χ1v) is 4.23. The van der Waals surface area contributed by atoms with Gasteiger partial charge in [0.05, 0.1) is 6.61 Å². The number of esters is 1. The number of rotatable bonds is 5. The number of carboxylic acid groups (broad SMARTS) is 1. The molecule has 0 heterocycles. The maximum atomic E-state index is 10.5. The summed E-state index contributed by atoms with van der Waals surface area (Å²) in [6, 6.07) is 0. The third-order valence-electron chi connectivity index (χ3n) is 1.28. The zero-order valence-corrected chi connectivity index (χ0v) is 8.00. The van der Waals surface area contributed by atoms with Gasteiger partial charge in [0.15, 0.2) is 0 Å². The second kappa shape index (κ2) is 6.48. The first kappa shape index (κ1) is 12.0. The SMILES string of the molecule is C/C(=C\CCOC(=O)CCl)C(=O)O. The van der Waals surface area contributed by atoms with Crippen molar-refractivity contribution in [3.63, 3.8) is 0 Å². The van der Waals surface area contributed by atoms with E-state index in [0.717, 1.165) is 0 Å². The molecule has 0 aliphatic heterocycles. The van der Waals surface area contributed by atoms with Crippen LogP contribution in [0.3, 0.4) is 0 Å². The van der Waals surface area contributed by atoms with Gasteiger partial charge in [0.1, 0.15) is 5.88 Å². The van der Waals surface area contributed by atoms with Gasteiger partial charge in [-0.3, -0.25) is 4.79 Å². The molecule has 0 saturated carbocycles. The summed E-state index contributed by atoms with van der Waals surface area (Å²) in [4.78, 5) is 20.8. The number of carbonyl (C=O) groups is 2. The molecule has 13 heavy (non-hydrogen) atoms. The molecule has 1 N–H and O–H groups in total. The number of halogens is 1. The van der Waals surface area contributed by atoms with E-state index in [1.807, 2.05) is 0 Å². The van der Waals surface area contributed by atoms with Crippen molar-refractivity contribution in [2.45, 2.75) is 13.3 Å². The average Bonchev–Trinajstić information content (AvgIpc) is 2.11. The Bertz CT molecular complexity index is 222. The molecule has 0 rings (SSSR count). The summed E-state index contributed by atoms with van der Waals surface area (Å²) in [6.45, 7) is 1.64. The van der Waals surface area contributed by atoms with Crippen LogP contribution < -0.4 is 0 Å². The molecule has 0 aromatic carbocycles. The van der Waals surface area contributed by atoms with Crippen LogP contribution in [-0.4, -0.2) is 29.5 Å². The number of hydrogen-bond donors (Lipinski definition) is 1. The molecule has 5 heteroatoms. The molecular formula is C8H11ClO4. The second-order valence-corrected chi connectivity index (χ2v) is 2.60. The topological polar surface area (TPSA) is 63.6 Å². The first-order chi connectivity index (χ1) is 6.07. The molecule has 0 aliphatic rings. The van der Waals surface area contributed by atoms with E-state index in [1.54, 1.807) is 0 Å². The Labute approximate surface area is 81.1 Å². The van der Waals surface area contributed by atoms with Crippen LogP contribution in [0.4, 0.5) is 0 Å². The lowest BCUT2D eigenvalue weighted by molar-refractivity contribution is -0.140. The summed E-state index contributed by atoms with van der Waals surface area (Å²) in [6.07, 6.45) is 1.88. The number of ether oxygens (including phenoxy) is 1. The Morgan fingerprint density at radius 2 is 2.15 bits per heavy atom. The fourth-order valence-corrected chi connectivity index (χ4v) is 0.651. The first-order valence-electron chi connectivity index (χ1n) is 3.69. The summed E-state index contributed by atoms with van der Waals surface area (Å²) in [5.74, 6) is -1.64. The van der Waals surface area contributed by atoms with E-state index in [0.29, 0.717) is 6.42 Å². The van der Waals surface area contributed by atoms with E-state index in [4.69, 9.17) is 16.7 Å². The number of aliphatic carboxylic acids is 1. The van der Waals surface area contributed by atoms with Crippen LogP contribution in [0, 0.1) is 0 Å². The molecule has 0 aromatic rings. The zero-order chi connectivity index (χ0) is 10.3. The lowest BCUT2D eigenvalue weighted by atomic mass is 10.2. The molecule has 74 valence electrons. The fraction of sp³-hybridized carbons (Fsp3) is 0.500. The number of alkyl halides is 1. The molecule has 0 amide bonds. The summed E-state index contributed by atoms with van der Waals surface area (Å²) in [5.41, 5.74) is 0.238. The number of carbonyl (C=O) groups excluding carboxylic acids is 1. The number of hydrogen-bond acceptors (Lipinski definition) is 3. The van der Waals surface area contributed by atoms with Crippen molar-refractivity contribution in [3.8, 4) is 0 Å². The highest BCUT2D eigenvalue weighted by molar-refractivity contribution is 6.26. The van der Waals surface area contributed by atoms with E-state index >= 15 is 0 Å². The minimum Gasteiger partial charge on any atom is -0.478 e. The molecule has 0 radical (unpaired) electrons. The van der Waals surface area contributed by atoms with Gasteiger partial charge >= 0.3 is 11.9 Å². The Morgan fingerprint density at radius 1 is 1.54 bits per heavy atom. The van der Waals surface area contributed by atoms with Crippen LogP contribution in [0.25, 0.3) is 0 Å². The van der Waals surface area contributed by atoms with Gasteiger partial charge in [0, 0.05) is 12.0 Å². The molecule has 0 bridgehead atoms. The molecular weight excluding hydrogens is 196 g/mol. The summed E-state index contributed by atoms with van der Waals surface area (Å²) in [5, 5.41) is 8.44. The van der Waals surface area contributed by atoms with Gasteiger partial charge in [-0.1, -0.05) is 6.08 Å². The third-order valence-corrected chi connectivity index (χ3v) is 1.50. The van der Waals surface area contributed by atoms with Crippen molar-refractivity contribution in [1.82, 2.24) is 0 Å². The van der Waals surface area contributed by atoms with Gasteiger partial charge in [-0.05, 0) is 6.92 Å². The zero-order valence-electron chi connectivity index (χ0n) is 7.25. The maximum absolute atomic E-state index is 10.5. The molecule has 0 aliphatic carbocycles. The van der Waals surface area contributed by atoms with Crippen LogP contribution >= 0.6 is 11.6 Å². The van der Waals surface area contributed by atoms with Crippen molar-refractivity contribution in [2.24, 2.45) is 0 Å². The van der Waals surface area contributed by atoms with Crippen molar-refractivity contribution >= 4 is 23.5 Å². The highest BCUT2D eigenvalue weighted by Crippen LogP contribution is 1.96. The van der Waals surface area contributed by atoms with Gasteiger partial charge in [0.2, 0.25) is 0 Å². The summed E-state index contributed by atoms with van der Waals surface area (Å²) >= 11 is 5.16. The molecule has 0 aromatic heterocycles. The monoisotopic (exact) mass is 206 g/mol. The van der Waals surface area contributed by atoms with E-state index in [1.165, 1.54) is 13.0 Å². The predicted molar refractivity (Wildman–Crippen MR) is 47.7 cm³/mol. The van der Waals surface area contributed by atoms with Gasteiger partial charge < -0.3 is 9.84 Å². The summed E-state index contributed by atoms with van der Waals surface area (Å²) in [7, 11) is 0. The lowest BCUT2D eigenvalue weighted by Gasteiger charge is -1.99. The molecule has 0 unspecified atom stereocenters. The van der Waals surface area contributed by atoms with Gasteiger partial charge in [-0.15, -0.1) is 11.6 Å². The maximum Gasteiger partial charge on any atom is 0.330 e. The number of carboxylic acids is 1. The molecule has 0 spiro atoms. The van der Waals surface area contributed by atoms with Crippen LogP contribution in [0.2, 0.25) is 0 Å². The normalized spacial score (nSPS) is 11.1. The van der Waals surface area contributed by atoms with Gasteiger partial charge in [0.25, 0.3) is 0 Å². The van der Waals surface area contributed by atoms with Crippen LogP contribution in [0.5, 0.6) is 0 Å². The molecule has 0 fully saturated rings. The average molecular weight is 207 g/mol. The van der Waals surface area contributed by atoms with E-state index in [-0.39, 0.29) is 18.1 Å². The van der Waals surface area contributed by atoms with E-state index < -0.39 is 11.9 Å².